The lowest BCUT2D eigenvalue weighted by molar-refractivity contribution is 0.583. The summed E-state index contributed by atoms with van der Waals surface area (Å²) in [4.78, 5) is 4.74. The Balaban J connectivity index is 1.94. The average molecular weight is 226 g/mol. The van der Waals surface area contributed by atoms with Crippen LogP contribution in [0.15, 0.2) is 30.3 Å². The monoisotopic (exact) mass is 226 g/mol. The van der Waals surface area contributed by atoms with E-state index in [1.807, 2.05) is 6.07 Å². The van der Waals surface area contributed by atoms with E-state index in [0.29, 0.717) is 6.04 Å². The lowest BCUT2D eigenvalue weighted by Gasteiger charge is -2.12. The molecule has 88 valence electrons. The first kappa shape index (κ1) is 10.7. The Labute approximate surface area is 102 Å². The average Bonchev–Trinajstić information content (AvgIpc) is 3.14. The number of nitrogens with zero attached hydrogens (tertiary/aromatic N) is 1. The molecule has 0 radical (unpaired) electrons. The minimum absolute atomic E-state index is 0.294. The first-order chi connectivity index (χ1) is 8.24. The van der Waals surface area contributed by atoms with Gasteiger partial charge in [0, 0.05) is 23.5 Å². The van der Waals surface area contributed by atoms with Crippen molar-refractivity contribution in [3.63, 3.8) is 0 Å². The highest BCUT2D eigenvalue weighted by Crippen LogP contribution is 2.33. The van der Waals surface area contributed by atoms with Crippen LogP contribution < -0.4 is 5.73 Å². The highest BCUT2D eigenvalue weighted by molar-refractivity contribution is 5.79. The summed E-state index contributed by atoms with van der Waals surface area (Å²) in [5.41, 5.74) is 9.70. The van der Waals surface area contributed by atoms with E-state index in [0.717, 1.165) is 17.9 Å². The van der Waals surface area contributed by atoms with Gasteiger partial charge in [-0.15, -0.1) is 0 Å². The van der Waals surface area contributed by atoms with Crippen LogP contribution in [0.2, 0.25) is 0 Å². The van der Waals surface area contributed by atoms with E-state index in [-0.39, 0.29) is 0 Å². The number of hydrogen-bond acceptors (Lipinski definition) is 2. The van der Waals surface area contributed by atoms with E-state index in [9.17, 15) is 0 Å². The van der Waals surface area contributed by atoms with Crippen LogP contribution in [-0.2, 0) is 6.42 Å². The number of nitrogens with two attached hydrogens (primary N) is 1. The van der Waals surface area contributed by atoms with Crippen LogP contribution in [0.25, 0.3) is 10.9 Å². The van der Waals surface area contributed by atoms with Crippen LogP contribution in [0.1, 0.15) is 24.1 Å². The molecular formula is C15H18N2. The first-order valence-corrected chi connectivity index (χ1v) is 6.35. The van der Waals surface area contributed by atoms with Crippen molar-refractivity contribution in [1.82, 2.24) is 4.98 Å². The Morgan fingerprint density at radius 2 is 2.12 bits per heavy atom. The molecule has 17 heavy (non-hydrogen) atoms. The van der Waals surface area contributed by atoms with Crippen molar-refractivity contribution in [3.05, 3.63) is 41.6 Å². The van der Waals surface area contributed by atoms with Gasteiger partial charge in [0.15, 0.2) is 0 Å². The number of pyridine rings is 1. The van der Waals surface area contributed by atoms with Crippen molar-refractivity contribution in [2.45, 2.75) is 32.2 Å². The molecule has 2 nitrogen and oxygen atoms in total. The minimum atomic E-state index is 0.294. The highest BCUT2D eigenvalue weighted by Gasteiger charge is 2.28. The lowest BCUT2D eigenvalue weighted by Crippen LogP contribution is -2.26. The fourth-order valence-electron chi connectivity index (χ4n) is 2.38. The van der Waals surface area contributed by atoms with Crippen molar-refractivity contribution < 1.29 is 0 Å². The number of aryl methyl sites for hydroxylation is 1. The zero-order chi connectivity index (χ0) is 11.8. The predicted molar refractivity (Wildman–Crippen MR) is 70.9 cm³/mol. The normalized spacial score (nSPS) is 17.3. The number of aromatic nitrogens is 1. The molecule has 3 rings (SSSR count). The van der Waals surface area contributed by atoms with E-state index in [1.165, 1.54) is 29.5 Å². The molecule has 1 unspecified atom stereocenters. The second-order valence-electron chi connectivity index (χ2n) is 5.15. The molecule has 1 aromatic carbocycles. The molecule has 1 aromatic heterocycles. The van der Waals surface area contributed by atoms with E-state index in [4.69, 9.17) is 10.7 Å². The van der Waals surface area contributed by atoms with Crippen molar-refractivity contribution in [2.75, 3.05) is 0 Å². The van der Waals surface area contributed by atoms with Crippen molar-refractivity contribution in [3.8, 4) is 0 Å². The van der Waals surface area contributed by atoms with E-state index in [2.05, 4.69) is 31.2 Å². The van der Waals surface area contributed by atoms with Gasteiger partial charge in [0.05, 0.1) is 5.52 Å². The van der Waals surface area contributed by atoms with Gasteiger partial charge < -0.3 is 5.73 Å². The van der Waals surface area contributed by atoms with Crippen molar-refractivity contribution in [1.29, 1.82) is 0 Å². The van der Waals surface area contributed by atoms with Gasteiger partial charge in [-0.1, -0.05) is 18.2 Å². The van der Waals surface area contributed by atoms with Crippen LogP contribution >= 0.6 is 0 Å². The molecule has 0 aliphatic heterocycles. The molecule has 1 atom stereocenters. The molecular weight excluding hydrogens is 208 g/mol. The van der Waals surface area contributed by atoms with Gasteiger partial charge in [0.2, 0.25) is 0 Å². The van der Waals surface area contributed by atoms with Gasteiger partial charge in [-0.25, -0.2) is 0 Å². The Morgan fingerprint density at radius 1 is 1.35 bits per heavy atom. The highest BCUT2D eigenvalue weighted by atomic mass is 14.7. The number of para-hydroxylation sites is 1. The second-order valence-corrected chi connectivity index (χ2v) is 5.15. The Morgan fingerprint density at radius 3 is 2.88 bits per heavy atom. The Kier molecular flexibility index (Phi) is 2.60. The lowest BCUT2D eigenvalue weighted by atomic mass is 10.0. The summed E-state index contributed by atoms with van der Waals surface area (Å²) in [6.45, 7) is 2.13. The van der Waals surface area contributed by atoms with Gasteiger partial charge in [-0.05, 0) is 43.4 Å². The van der Waals surface area contributed by atoms with Crippen LogP contribution in [0.5, 0.6) is 0 Å². The number of benzene rings is 1. The van der Waals surface area contributed by atoms with Crippen LogP contribution in [0.3, 0.4) is 0 Å². The molecule has 1 aliphatic carbocycles. The van der Waals surface area contributed by atoms with Crippen LogP contribution in [0.4, 0.5) is 0 Å². The molecule has 2 N–H and O–H groups in total. The maximum absolute atomic E-state index is 6.18. The van der Waals surface area contributed by atoms with Crippen LogP contribution in [-0.4, -0.2) is 11.0 Å². The third-order valence-electron chi connectivity index (χ3n) is 3.68. The standard InChI is InChI=1S/C15H18N2/c1-10-8-12-4-2-3-5-14(12)17-15(10)9-13(16)11-6-7-11/h2-5,8,11,13H,6-7,9,16H2,1H3. The number of rotatable bonds is 3. The molecule has 0 saturated heterocycles. The molecule has 1 heterocycles. The Bertz CT molecular complexity index is 544. The molecule has 1 aliphatic rings. The molecule has 1 fully saturated rings. The zero-order valence-electron chi connectivity index (χ0n) is 10.2. The minimum Gasteiger partial charge on any atom is -0.327 e. The van der Waals surface area contributed by atoms with Crippen LogP contribution in [0, 0.1) is 12.8 Å². The fraction of sp³-hybridized carbons (Fsp3) is 0.400. The molecule has 0 amide bonds. The molecule has 2 heteroatoms. The summed E-state index contributed by atoms with van der Waals surface area (Å²) < 4.78 is 0. The summed E-state index contributed by atoms with van der Waals surface area (Å²) in [7, 11) is 0. The van der Waals surface area contributed by atoms with Crippen molar-refractivity contribution in [2.24, 2.45) is 11.7 Å². The second kappa shape index (κ2) is 4.11. The number of fused-ring (bicyclic) bond motifs is 1. The summed E-state index contributed by atoms with van der Waals surface area (Å²) in [5, 5.41) is 1.22. The summed E-state index contributed by atoms with van der Waals surface area (Å²) in [6.07, 6.45) is 3.52. The molecule has 2 aromatic rings. The quantitative estimate of drug-likeness (QED) is 0.874. The maximum Gasteiger partial charge on any atom is 0.0705 e. The Hall–Kier alpha value is -1.41. The first-order valence-electron chi connectivity index (χ1n) is 6.35. The smallest absolute Gasteiger partial charge is 0.0705 e. The van der Waals surface area contributed by atoms with Gasteiger partial charge >= 0.3 is 0 Å². The summed E-state index contributed by atoms with van der Waals surface area (Å²) in [6, 6.07) is 10.8. The van der Waals surface area contributed by atoms with Crippen molar-refractivity contribution >= 4 is 10.9 Å². The zero-order valence-corrected chi connectivity index (χ0v) is 10.2. The van der Waals surface area contributed by atoms with Gasteiger partial charge in [-0.3, -0.25) is 4.98 Å². The molecule has 0 spiro atoms. The van der Waals surface area contributed by atoms with Gasteiger partial charge in [0.25, 0.3) is 0 Å². The number of hydrogen-bond donors (Lipinski definition) is 1. The van der Waals surface area contributed by atoms with Gasteiger partial charge in [0.1, 0.15) is 0 Å². The predicted octanol–water partition coefficient (Wildman–Crippen LogP) is 2.82. The van der Waals surface area contributed by atoms with E-state index in [1.54, 1.807) is 0 Å². The molecule has 1 saturated carbocycles. The maximum atomic E-state index is 6.18. The fourth-order valence-corrected chi connectivity index (χ4v) is 2.38. The van der Waals surface area contributed by atoms with Gasteiger partial charge in [-0.2, -0.15) is 0 Å². The largest absolute Gasteiger partial charge is 0.327 e. The van der Waals surface area contributed by atoms with E-state index >= 15 is 0 Å². The third kappa shape index (κ3) is 2.18. The topological polar surface area (TPSA) is 38.9 Å². The molecule has 0 bridgehead atoms. The summed E-state index contributed by atoms with van der Waals surface area (Å²) >= 11 is 0. The third-order valence-corrected chi connectivity index (χ3v) is 3.68. The summed E-state index contributed by atoms with van der Waals surface area (Å²) in [5.74, 6) is 0.739. The SMILES string of the molecule is Cc1cc2ccccc2nc1CC(N)C1CC1. The van der Waals surface area contributed by atoms with E-state index < -0.39 is 0 Å².